The Hall–Kier alpha value is -2.86. The topological polar surface area (TPSA) is 60.5 Å². The molecule has 1 heterocycles. The van der Waals surface area contributed by atoms with Crippen LogP contribution in [0.4, 0.5) is 0 Å². The number of hydrogen-bond acceptors (Lipinski definition) is 4. The number of methoxy groups -OCH3 is 1. The van der Waals surface area contributed by atoms with Crippen LogP contribution in [0.2, 0.25) is 0 Å². The molecule has 0 aliphatic rings. The molecule has 3 aromatic rings. The summed E-state index contributed by atoms with van der Waals surface area (Å²) in [5.41, 5.74) is 7.34. The van der Waals surface area contributed by atoms with Crippen LogP contribution in [-0.2, 0) is 17.7 Å². The predicted octanol–water partition coefficient (Wildman–Crippen LogP) is 4.36. The highest BCUT2D eigenvalue weighted by atomic mass is 16.5. The van der Waals surface area contributed by atoms with Crippen LogP contribution < -0.4 is 5.48 Å². The van der Waals surface area contributed by atoms with Gasteiger partial charge in [-0.2, -0.15) is 0 Å². The maximum absolute atomic E-state index is 8.79. The highest BCUT2D eigenvalue weighted by molar-refractivity contribution is 5.83. The summed E-state index contributed by atoms with van der Waals surface area (Å²) in [6.07, 6.45) is 6.76. The van der Waals surface area contributed by atoms with Crippen molar-refractivity contribution in [3.05, 3.63) is 89.8 Å². The Balaban J connectivity index is 1.62. The van der Waals surface area contributed by atoms with Crippen LogP contribution in [0.1, 0.15) is 16.7 Å². The van der Waals surface area contributed by atoms with Crippen molar-refractivity contribution in [3.8, 4) is 0 Å². The standard InChI is InChI=1S/C24H29N3O2/c1-19(26-28)7-8-20-9-11-21(12-10-20)18-27(15-16-29-2)14-13-22-17-25-24-6-4-3-5-23(22)24/h3-12,17,25-26,28H,1,13-16,18H2,2H3/b8-7+. The average Bonchev–Trinajstić information content (AvgIpc) is 3.18. The first-order chi connectivity index (χ1) is 14.2. The zero-order chi connectivity index (χ0) is 20.5. The lowest BCUT2D eigenvalue weighted by molar-refractivity contribution is 0.145. The molecule has 3 rings (SSSR count). The van der Waals surface area contributed by atoms with Crippen molar-refractivity contribution in [1.29, 1.82) is 0 Å². The highest BCUT2D eigenvalue weighted by Gasteiger charge is 2.09. The van der Waals surface area contributed by atoms with Crippen LogP contribution in [0, 0.1) is 0 Å². The van der Waals surface area contributed by atoms with E-state index in [1.54, 1.807) is 13.2 Å². The number of fused-ring (bicyclic) bond motifs is 1. The summed E-state index contributed by atoms with van der Waals surface area (Å²) in [4.78, 5) is 5.78. The summed E-state index contributed by atoms with van der Waals surface area (Å²) in [6.45, 7) is 7.11. The normalized spacial score (nSPS) is 11.6. The molecule has 0 aliphatic carbocycles. The second kappa shape index (κ2) is 10.6. The van der Waals surface area contributed by atoms with E-state index in [-0.39, 0.29) is 0 Å². The molecule has 1 aromatic heterocycles. The summed E-state index contributed by atoms with van der Waals surface area (Å²) >= 11 is 0. The van der Waals surface area contributed by atoms with Crippen molar-refractivity contribution in [3.63, 3.8) is 0 Å². The van der Waals surface area contributed by atoms with E-state index in [0.29, 0.717) is 12.3 Å². The fourth-order valence-corrected chi connectivity index (χ4v) is 3.33. The molecule has 0 amide bonds. The first-order valence-electron chi connectivity index (χ1n) is 9.82. The van der Waals surface area contributed by atoms with Crippen LogP contribution in [0.15, 0.2) is 73.1 Å². The van der Waals surface area contributed by atoms with Crippen molar-refractivity contribution in [2.24, 2.45) is 0 Å². The van der Waals surface area contributed by atoms with Gasteiger partial charge in [0.25, 0.3) is 0 Å². The lowest BCUT2D eigenvalue weighted by Crippen LogP contribution is -2.29. The number of rotatable bonds is 11. The van der Waals surface area contributed by atoms with Gasteiger partial charge in [0.2, 0.25) is 0 Å². The van der Waals surface area contributed by atoms with E-state index < -0.39 is 0 Å². The maximum atomic E-state index is 8.79. The van der Waals surface area contributed by atoms with Crippen LogP contribution in [0.25, 0.3) is 17.0 Å². The molecule has 3 N–H and O–H groups in total. The molecular formula is C24H29N3O2. The van der Waals surface area contributed by atoms with Gasteiger partial charge in [0, 0.05) is 43.8 Å². The second-order valence-electron chi connectivity index (χ2n) is 7.09. The van der Waals surface area contributed by atoms with Gasteiger partial charge in [-0.1, -0.05) is 55.1 Å². The molecule has 0 bridgehead atoms. The number of hydrogen-bond donors (Lipinski definition) is 3. The zero-order valence-electron chi connectivity index (χ0n) is 16.9. The minimum Gasteiger partial charge on any atom is -0.383 e. The number of nitrogens with one attached hydrogen (secondary N) is 2. The van der Waals surface area contributed by atoms with Crippen molar-refractivity contribution >= 4 is 17.0 Å². The molecule has 0 radical (unpaired) electrons. The van der Waals surface area contributed by atoms with Crippen molar-refractivity contribution in [2.75, 3.05) is 26.8 Å². The molecule has 0 unspecified atom stereocenters. The summed E-state index contributed by atoms with van der Waals surface area (Å²) in [5.74, 6) is 0. The number of aromatic nitrogens is 1. The fraction of sp³-hybridized carbons (Fsp3) is 0.250. The highest BCUT2D eigenvalue weighted by Crippen LogP contribution is 2.19. The van der Waals surface area contributed by atoms with Crippen LogP contribution in [0.3, 0.4) is 0 Å². The number of allylic oxidation sites excluding steroid dienone is 1. The first-order valence-corrected chi connectivity index (χ1v) is 9.82. The monoisotopic (exact) mass is 391 g/mol. The van der Waals surface area contributed by atoms with E-state index in [1.165, 1.54) is 22.0 Å². The SMILES string of the molecule is C=C(/C=C/c1ccc(CN(CCOC)CCc2c[nH]c3ccccc23)cc1)NO. The van der Waals surface area contributed by atoms with E-state index >= 15 is 0 Å². The van der Waals surface area contributed by atoms with E-state index in [2.05, 4.69) is 71.2 Å². The third-order valence-electron chi connectivity index (χ3n) is 4.99. The van der Waals surface area contributed by atoms with E-state index in [0.717, 1.165) is 31.6 Å². The molecule has 5 nitrogen and oxygen atoms in total. The van der Waals surface area contributed by atoms with Gasteiger partial charge >= 0.3 is 0 Å². The summed E-state index contributed by atoms with van der Waals surface area (Å²) in [6, 6.07) is 16.9. The van der Waals surface area contributed by atoms with Crippen molar-refractivity contribution in [1.82, 2.24) is 15.4 Å². The number of aromatic amines is 1. The van der Waals surface area contributed by atoms with Crippen LogP contribution >= 0.6 is 0 Å². The van der Waals surface area contributed by atoms with Crippen LogP contribution in [-0.4, -0.2) is 41.9 Å². The van der Waals surface area contributed by atoms with Gasteiger partial charge in [0.1, 0.15) is 0 Å². The Morgan fingerprint density at radius 2 is 1.97 bits per heavy atom. The van der Waals surface area contributed by atoms with E-state index in [9.17, 15) is 0 Å². The van der Waals surface area contributed by atoms with Crippen molar-refractivity contribution < 1.29 is 9.94 Å². The van der Waals surface area contributed by atoms with Gasteiger partial charge < -0.3 is 9.72 Å². The zero-order valence-corrected chi connectivity index (χ0v) is 16.9. The van der Waals surface area contributed by atoms with Gasteiger partial charge in [-0.25, -0.2) is 0 Å². The Labute approximate surface area is 172 Å². The molecule has 152 valence electrons. The minimum absolute atomic E-state index is 0.456. The summed E-state index contributed by atoms with van der Waals surface area (Å²) in [5, 5.41) is 10.1. The average molecular weight is 392 g/mol. The molecule has 5 heteroatoms. The molecule has 0 fully saturated rings. The third kappa shape index (κ3) is 6.06. The Morgan fingerprint density at radius 1 is 1.17 bits per heavy atom. The van der Waals surface area contributed by atoms with Crippen molar-refractivity contribution in [2.45, 2.75) is 13.0 Å². The molecule has 0 atom stereocenters. The molecule has 2 aromatic carbocycles. The number of para-hydroxylation sites is 1. The van der Waals surface area contributed by atoms with Gasteiger partial charge in [-0.15, -0.1) is 0 Å². The molecule has 29 heavy (non-hydrogen) atoms. The minimum atomic E-state index is 0.456. The fourth-order valence-electron chi connectivity index (χ4n) is 3.33. The van der Waals surface area contributed by atoms with Gasteiger partial charge in [-0.05, 0) is 35.3 Å². The smallest absolute Gasteiger partial charge is 0.0589 e. The Bertz CT molecular complexity index is 944. The number of benzene rings is 2. The van der Waals surface area contributed by atoms with Gasteiger partial charge in [-0.3, -0.25) is 15.6 Å². The van der Waals surface area contributed by atoms with Gasteiger partial charge in [0.15, 0.2) is 0 Å². The summed E-state index contributed by atoms with van der Waals surface area (Å²) in [7, 11) is 1.74. The molecule has 0 aliphatic heterocycles. The molecular weight excluding hydrogens is 362 g/mol. The number of ether oxygens (including phenoxy) is 1. The van der Waals surface area contributed by atoms with Gasteiger partial charge in [0.05, 0.1) is 12.3 Å². The number of H-pyrrole nitrogens is 1. The lowest BCUT2D eigenvalue weighted by Gasteiger charge is -2.22. The molecule has 0 spiro atoms. The first kappa shape index (κ1) is 20.9. The Kier molecular flexibility index (Phi) is 7.64. The molecule has 0 saturated carbocycles. The lowest BCUT2D eigenvalue weighted by atomic mass is 10.1. The summed E-state index contributed by atoms with van der Waals surface area (Å²) < 4.78 is 5.31. The second-order valence-corrected chi connectivity index (χ2v) is 7.09. The number of hydroxylamine groups is 1. The quantitative estimate of drug-likeness (QED) is 0.336. The third-order valence-corrected chi connectivity index (χ3v) is 4.99. The predicted molar refractivity (Wildman–Crippen MR) is 119 cm³/mol. The largest absolute Gasteiger partial charge is 0.383 e. The van der Waals surface area contributed by atoms with E-state index in [1.807, 2.05) is 11.6 Å². The van der Waals surface area contributed by atoms with E-state index in [4.69, 9.17) is 9.94 Å². The van der Waals surface area contributed by atoms with Crippen LogP contribution in [0.5, 0.6) is 0 Å². The number of nitrogens with zero attached hydrogens (tertiary/aromatic N) is 1. The Morgan fingerprint density at radius 3 is 2.72 bits per heavy atom. The maximum Gasteiger partial charge on any atom is 0.0589 e. The molecule has 0 saturated heterocycles.